The van der Waals surface area contributed by atoms with Crippen molar-refractivity contribution in [2.24, 2.45) is 11.8 Å². The summed E-state index contributed by atoms with van der Waals surface area (Å²) in [6, 6.07) is 4.46. The van der Waals surface area contributed by atoms with Gasteiger partial charge in [-0.3, -0.25) is 0 Å². The van der Waals surface area contributed by atoms with Crippen molar-refractivity contribution in [3.63, 3.8) is 0 Å². The molecule has 0 spiro atoms. The summed E-state index contributed by atoms with van der Waals surface area (Å²) in [5, 5.41) is 15.4. The van der Waals surface area contributed by atoms with Crippen LogP contribution in [0, 0.1) is 17.7 Å². The predicted molar refractivity (Wildman–Crippen MR) is 91.2 cm³/mol. The number of benzene rings is 1. The molecule has 1 atom stereocenters. The number of aromatic nitrogens is 3. The highest BCUT2D eigenvalue weighted by Crippen LogP contribution is 2.38. The van der Waals surface area contributed by atoms with Crippen molar-refractivity contribution in [1.82, 2.24) is 14.8 Å². The maximum absolute atomic E-state index is 13.9. The molecule has 134 valence electrons. The highest BCUT2D eigenvalue weighted by Gasteiger charge is 2.32. The molecule has 2 fully saturated rings. The van der Waals surface area contributed by atoms with Gasteiger partial charge in [0.1, 0.15) is 17.7 Å². The van der Waals surface area contributed by atoms with Crippen molar-refractivity contribution in [1.29, 1.82) is 0 Å². The van der Waals surface area contributed by atoms with E-state index in [2.05, 4.69) is 10.1 Å². The van der Waals surface area contributed by atoms with E-state index in [1.165, 1.54) is 38.5 Å². The van der Waals surface area contributed by atoms with Gasteiger partial charge >= 0.3 is 0 Å². The van der Waals surface area contributed by atoms with Crippen LogP contribution < -0.4 is 4.74 Å². The molecule has 0 amide bonds. The van der Waals surface area contributed by atoms with E-state index < -0.39 is 11.9 Å². The van der Waals surface area contributed by atoms with Crippen LogP contribution >= 0.6 is 0 Å². The zero-order chi connectivity index (χ0) is 17.4. The van der Waals surface area contributed by atoms with Crippen LogP contribution in [-0.2, 0) is 6.42 Å². The molecule has 1 heterocycles. The third kappa shape index (κ3) is 3.27. The molecule has 0 saturated heterocycles. The van der Waals surface area contributed by atoms with Gasteiger partial charge in [-0.1, -0.05) is 25.7 Å². The van der Waals surface area contributed by atoms with Gasteiger partial charge in [0.25, 0.3) is 0 Å². The van der Waals surface area contributed by atoms with Crippen molar-refractivity contribution < 1.29 is 14.2 Å². The van der Waals surface area contributed by atoms with Crippen molar-refractivity contribution in [2.75, 3.05) is 7.11 Å². The molecule has 6 heteroatoms. The van der Waals surface area contributed by atoms with Gasteiger partial charge < -0.3 is 9.84 Å². The Balaban J connectivity index is 1.71. The van der Waals surface area contributed by atoms with Gasteiger partial charge in [-0.15, -0.1) is 0 Å². The number of rotatable bonds is 6. The Morgan fingerprint density at radius 1 is 1.24 bits per heavy atom. The smallest absolute Gasteiger partial charge is 0.161 e. The Labute approximate surface area is 146 Å². The maximum atomic E-state index is 13.9. The quantitative estimate of drug-likeness (QED) is 0.869. The molecule has 1 unspecified atom stereocenters. The van der Waals surface area contributed by atoms with Gasteiger partial charge in [0.05, 0.1) is 12.8 Å². The minimum Gasteiger partial charge on any atom is -0.497 e. The molecule has 2 aliphatic rings. The van der Waals surface area contributed by atoms with E-state index in [0.29, 0.717) is 23.2 Å². The Morgan fingerprint density at radius 2 is 2.00 bits per heavy atom. The molecule has 1 aromatic carbocycles. The van der Waals surface area contributed by atoms with Gasteiger partial charge in [0.2, 0.25) is 0 Å². The molecule has 1 aromatic heterocycles. The molecule has 0 bridgehead atoms. The molecule has 25 heavy (non-hydrogen) atoms. The first-order chi connectivity index (χ1) is 12.1. The molecule has 1 N–H and O–H groups in total. The largest absolute Gasteiger partial charge is 0.497 e. The minimum absolute atomic E-state index is 0.218. The summed E-state index contributed by atoms with van der Waals surface area (Å²) in [5.74, 6) is 2.14. The third-order valence-electron chi connectivity index (χ3n) is 5.57. The number of methoxy groups -OCH3 is 1. The van der Waals surface area contributed by atoms with Gasteiger partial charge in [0.15, 0.2) is 11.6 Å². The summed E-state index contributed by atoms with van der Waals surface area (Å²) in [7, 11) is 1.51. The van der Waals surface area contributed by atoms with Gasteiger partial charge in [0, 0.05) is 18.6 Å². The first-order valence-electron chi connectivity index (χ1n) is 9.13. The first-order valence-corrected chi connectivity index (χ1v) is 9.13. The number of aliphatic hydroxyl groups is 1. The van der Waals surface area contributed by atoms with E-state index in [0.717, 1.165) is 31.5 Å². The Hall–Kier alpha value is -1.95. The van der Waals surface area contributed by atoms with Crippen molar-refractivity contribution >= 4 is 0 Å². The predicted octanol–water partition coefficient (Wildman–Crippen LogP) is 3.59. The van der Waals surface area contributed by atoms with Crippen LogP contribution in [0.5, 0.6) is 5.75 Å². The number of hydrogen-bond acceptors (Lipinski definition) is 4. The molecule has 2 aromatic rings. The lowest BCUT2D eigenvalue weighted by molar-refractivity contribution is 0.0532. The molecule has 2 aliphatic carbocycles. The second-order valence-electron chi connectivity index (χ2n) is 7.28. The molecule has 0 radical (unpaired) electrons. The average molecular weight is 345 g/mol. The molecule has 2 saturated carbocycles. The number of nitrogens with zero attached hydrogens (tertiary/aromatic N) is 3. The zero-order valence-electron chi connectivity index (χ0n) is 14.5. The van der Waals surface area contributed by atoms with Crippen LogP contribution in [0.1, 0.15) is 56.3 Å². The Kier molecular flexibility index (Phi) is 4.46. The van der Waals surface area contributed by atoms with E-state index in [1.807, 2.05) is 0 Å². The summed E-state index contributed by atoms with van der Waals surface area (Å²) in [6.07, 6.45) is 6.99. The van der Waals surface area contributed by atoms with E-state index >= 15 is 0 Å². The Morgan fingerprint density at radius 3 is 2.60 bits per heavy atom. The topological polar surface area (TPSA) is 60.2 Å². The normalized spacial score (nSPS) is 19.3. The lowest BCUT2D eigenvalue weighted by Crippen LogP contribution is -2.23. The fraction of sp³-hybridized carbons (Fsp3) is 0.579. The highest BCUT2D eigenvalue weighted by molar-refractivity contribution is 5.40. The number of halogens is 1. The monoisotopic (exact) mass is 345 g/mol. The van der Waals surface area contributed by atoms with Crippen LogP contribution in [-0.4, -0.2) is 27.0 Å². The third-order valence-corrected chi connectivity index (χ3v) is 5.57. The lowest BCUT2D eigenvalue weighted by atomic mass is 9.81. The average Bonchev–Trinajstić information content (AvgIpc) is 2.92. The number of aliphatic hydroxyl groups excluding tert-OH is 1. The van der Waals surface area contributed by atoms with Crippen molar-refractivity contribution in [3.8, 4) is 11.4 Å². The second kappa shape index (κ2) is 6.75. The van der Waals surface area contributed by atoms with Gasteiger partial charge in [-0.2, -0.15) is 5.10 Å². The molecular formula is C19H24FN3O2. The van der Waals surface area contributed by atoms with Crippen LogP contribution in [0.3, 0.4) is 0 Å². The van der Waals surface area contributed by atoms with Crippen LogP contribution in [0.15, 0.2) is 18.2 Å². The lowest BCUT2D eigenvalue weighted by Gasteiger charge is -2.29. The summed E-state index contributed by atoms with van der Waals surface area (Å²) in [4.78, 5) is 4.63. The summed E-state index contributed by atoms with van der Waals surface area (Å²) in [5.41, 5.74) is 0.539. The summed E-state index contributed by atoms with van der Waals surface area (Å²) < 4.78 is 20.7. The first kappa shape index (κ1) is 16.5. The molecular weight excluding hydrogens is 321 g/mol. The highest BCUT2D eigenvalue weighted by atomic mass is 19.1. The molecule has 5 nitrogen and oxygen atoms in total. The summed E-state index contributed by atoms with van der Waals surface area (Å²) >= 11 is 0. The van der Waals surface area contributed by atoms with Crippen LogP contribution in [0.4, 0.5) is 4.39 Å². The standard InChI is InChI=1S/C19H24FN3O2/c1-25-16-10-14(20)9-15(11-16)23-19(18(24)13-6-3-7-13)21-17(22-23)8-12-4-2-5-12/h9-13,18,24H,2-8H2,1H3. The zero-order valence-corrected chi connectivity index (χ0v) is 14.5. The number of hydrogen-bond donors (Lipinski definition) is 1. The summed E-state index contributed by atoms with van der Waals surface area (Å²) in [6.45, 7) is 0. The van der Waals surface area contributed by atoms with Crippen LogP contribution in [0.2, 0.25) is 0 Å². The SMILES string of the molecule is COc1cc(F)cc(-n2nc(CC3CCC3)nc2C(O)C2CCC2)c1. The van der Waals surface area contributed by atoms with Crippen molar-refractivity contribution in [3.05, 3.63) is 35.7 Å². The molecule has 0 aliphatic heterocycles. The van der Waals surface area contributed by atoms with E-state index in [9.17, 15) is 9.50 Å². The van der Waals surface area contributed by atoms with Gasteiger partial charge in [-0.05, 0) is 30.7 Å². The maximum Gasteiger partial charge on any atom is 0.161 e. The fourth-order valence-corrected chi connectivity index (χ4v) is 3.55. The Bertz CT molecular complexity index is 753. The van der Waals surface area contributed by atoms with Crippen LogP contribution in [0.25, 0.3) is 5.69 Å². The minimum atomic E-state index is -0.661. The van der Waals surface area contributed by atoms with E-state index in [4.69, 9.17) is 4.74 Å². The van der Waals surface area contributed by atoms with Crippen molar-refractivity contribution in [2.45, 2.75) is 51.0 Å². The number of ether oxygens (including phenoxy) is 1. The van der Waals surface area contributed by atoms with E-state index in [-0.39, 0.29) is 5.92 Å². The van der Waals surface area contributed by atoms with E-state index in [1.54, 1.807) is 10.7 Å². The second-order valence-corrected chi connectivity index (χ2v) is 7.28. The fourth-order valence-electron chi connectivity index (χ4n) is 3.55. The van der Waals surface area contributed by atoms with Gasteiger partial charge in [-0.25, -0.2) is 14.1 Å². The molecule has 4 rings (SSSR count).